The number of rotatable bonds is 1. The lowest BCUT2D eigenvalue weighted by molar-refractivity contribution is -0.133. The zero-order chi connectivity index (χ0) is 11.8. The van der Waals surface area contributed by atoms with E-state index in [4.69, 9.17) is 11.6 Å². The summed E-state index contributed by atoms with van der Waals surface area (Å²) in [6, 6.07) is 4.35. The van der Waals surface area contributed by atoms with E-state index >= 15 is 0 Å². The van der Waals surface area contributed by atoms with Gasteiger partial charge in [-0.25, -0.2) is 4.98 Å². The monoisotopic (exact) mass is 263 g/mol. The average Bonchev–Trinajstić information content (AvgIpc) is 2.65. The maximum absolute atomic E-state index is 12.6. The molecule has 0 aromatic carbocycles. The van der Waals surface area contributed by atoms with E-state index in [2.05, 4.69) is 4.98 Å². The zero-order valence-corrected chi connectivity index (χ0v) is 9.33. The number of thiophene rings is 1. The standard InChI is InChI=1S/C10H5ClF3NS/c11-8-5-6(1-3-15-8)7-2-4-16-9(7)10(12,13)14/h1-5H. The lowest BCUT2D eigenvalue weighted by atomic mass is 10.1. The Labute approximate surface area is 98.5 Å². The summed E-state index contributed by atoms with van der Waals surface area (Å²) >= 11 is 6.31. The van der Waals surface area contributed by atoms with E-state index in [0.29, 0.717) is 16.9 Å². The maximum Gasteiger partial charge on any atom is 0.426 e. The molecule has 0 atom stereocenters. The minimum absolute atomic E-state index is 0.141. The van der Waals surface area contributed by atoms with Crippen molar-refractivity contribution in [2.45, 2.75) is 6.18 Å². The molecule has 0 bridgehead atoms. The second-order valence-electron chi connectivity index (χ2n) is 3.03. The second kappa shape index (κ2) is 4.07. The minimum atomic E-state index is -4.33. The van der Waals surface area contributed by atoms with Crippen LogP contribution in [-0.2, 0) is 6.18 Å². The molecule has 0 aliphatic carbocycles. The molecule has 2 rings (SSSR count). The van der Waals surface area contributed by atoms with Gasteiger partial charge in [-0.2, -0.15) is 13.2 Å². The van der Waals surface area contributed by atoms with Crippen molar-refractivity contribution < 1.29 is 13.2 Å². The summed E-state index contributed by atoms with van der Waals surface area (Å²) in [4.78, 5) is 3.11. The molecule has 0 radical (unpaired) electrons. The molecule has 0 saturated carbocycles. The molecule has 2 aromatic rings. The number of aromatic nitrogens is 1. The Hall–Kier alpha value is -1.07. The third-order valence-electron chi connectivity index (χ3n) is 1.96. The van der Waals surface area contributed by atoms with Gasteiger partial charge in [0.25, 0.3) is 0 Å². The molecule has 6 heteroatoms. The van der Waals surface area contributed by atoms with Crippen molar-refractivity contribution in [1.82, 2.24) is 4.98 Å². The molecule has 0 aliphatic rings. The third kappa shape index (κ3) is 2.20. The minimum Gasteiger partial charge on any atom is -0.245 e. The van der Waals surface area contributed by atoms with Crippen LogP contribution in [0.1, 0.15) is 4.88 Å². The topological polar surface area (TPSA) is 12.9 Å². The molecule has 0 fully saturated rings. The van der Waals surface area contributed by atoms with Crippen LogP contribution < -0.4 is 0 Å². The number of halogens is 4. The highest BCUT2D eigenvalue weighted by molar-refractivity contribution is 7.10. The van der Waals surface area contributed by atoms with E-state index < -0.39 is 11.1 Å². The van der Waals surface area contributed by atoms with Crippen molar-refractivity contribution in [1.29, 1.82) is 0 Å². The zero-order valence-electron chi connectivity index (χ0n) is 7.75. The third-order valence-corrected chi connectivity index (χ3v) is 3.13. The Balaban J connectivity index is 2.53. The van der Waals surface area contributed by atoms with E-state index in [1.54, 1.807) is 0 Å². The molecule has 1 nitrogen and oxygen atoms in total. The van der Waals surface area contributed by atoms with E-state index in [0.717, 1.165) is 0 Å². The molecule has 16 heavy (non-hydrogen) atoms. The molecule has 0 spiro atoms. The van der Waals surface area contributed by atoms with Crippen molar-refractivity contribution in [3.63, 3.8) is 0 Å². The Morgan fingerprint density at radius 1 is 1.25 bits per heavy atom. The van der Waals surface area contributed by atoms with Gasteiger partial charge in [0.2, 0.25) is 0 Å². The molecule has 0 aliphatic heterocycles. The summed E-state index contributed by atoms with van der Waals surface area (Å²) in [6.07, 6.45) is -2.95. The molecule has 2 heterocycles. The van der Waals surface area contributed by atoms with Crippen LogP contribution in [0.25, 0.3) is 11.1 Å². The highest BCUT2D eigenvalue weighted by atomic mass is 35.5. The van der Waals surface area contributed by atoms with Crippen LogP contribution in [-0.4, -0.2) is 4.98 Å². The van der Waals surface area contributed by atoms with Crippen molar-refractivity contribution in [3.8, 4) is 11.1 Å². The Morgan fingerprint density at radius 3 is 2.62 bits per heavy atom. The Bertz CT molecular complexity index is 507. The van der Waals surface area contributed by atoms with Crippen LogP contribution in [0.15, 0.2) is 29.8 Å². The van der Waals surface area contributed by atoms with Crippen LogP contribution >= 0.6 is 22.9 Å². The van der Waals surface area contributed by atoms with Gasteiger partial charge < -0.3 is 0 Å². The smallest absolute Gasteiger partial charge is 0.245 e. The fourth-order valence-electron chi connectivity index (χ4n) is 1.33. The summed E-state index contributed by atoms with van der Waals surface area (Å²) in [5, 5.41) is 1.59. The highest BCUT2D eigenvalue weighted by Gasteiger charge is 2.35. The molecule has 0 saturated heterocycles. The lowest BCUT2D eigenvalue weighted by Gasteiger charge is -2.07. The predicted octanol–water partition coefficient (Wildman–Crippen LogP) is 4.48. The lowest BCUT2D eigenvalue weighted by Crippen LogP contribution is -2.03. The van der Waals surface area contributed by atoms with Crippen molar-refractivity contribution in [3.05, 3.63) is 39.8 Å². The van der Waals surface area contributed by atoms with Gasteiger partial charge in [0, 0.05) is 11.8 Å². The Morgan fingerprint density at radius 2 is 2.00 bits per heavy atom. The van der Waals surface area contributed by atoms with Crippen LogP contribution in [0.3, 0.4) is 0 Å². The van der Waals surface area contributed by atoms with E-state index in [-0.39, 0.29) is 10.7 Å². The molecule has 0 unspecified atom stereocenters. The fourth-order valence-corrected chi connectivity index (χ4v) is 2.29. The molecule has 2 aromatic heterocycles. The van der Waals surface area contributed by atoms with Gasteiger partial charge >= 0.3 is 6.18 Å². The molecular weight excluding hydrogens is 259 g/mol. The van der Waals surface area contributed by atoms with Gasteiger partial charge in [-0.15, -0.1) is 11.3 Å². The number of nitrogens with zero attached hydrogens (tertiary/aromatic N) is 1. The number of hydrogen-bond acceptors (Lipinski definition) is 2. The number of pyridine rings is 1. The van der Waals surface area contributed by atoms with Gasteiger partial charge in [0.1, 0.15) is 10.0 Å². The first-order valence-electron chi connectivity index (χ1n) is 4.25. The molecule has 0 N–H and O–H groups in total. The SMILES string of the molecule is FC(F)(F)c1sccc1-c1ccnc(Cl)c1. The first-order chi connectivity index (χ1) is 7.48. The van der Waals surface area contributed by atoms with Crippen molar-refractivity contribution in [2.75, 3.05) is 0 Å². The van der Waals surface area contributed by atoms with Gasteiger partial charge in [-0.05, 0) is 29.1 Å². The summed E-state index contributed by atoms with van der Waals surface area (Å²) in [5.41, 5.74) is 0.565. The number of hydrogen-bond donors (Lipinski definition) is 0. The van der Waals surface area contributed by atoms with Gasteiger partial charge in [0.15, 0.2) is 0 Å². The van der Waals surface area contributed by atoms with Crippen LogP contribution in [0.5, 0.6) is 0 Å². The average molecular weight is 264 g/mol. The highest BCUT2D eigenvalue weighted by Crippen LogP contribution is 2.40. The van der Waals surface area contributed by atoms with Crippen molar-refractivity contribution in [2.24, 2.45) is 0 Å². The Kier molecular flexibility index (Phi) is 2.90. The number of alkyl halides is 3. The summed E-state index contributed by atoms with van der Waals surface area (Å²) < 4.78 is 37.9. The van der Waals surface area contributed by atoms with Gasteiger partial charge in [-0.3, -0.25) is 0 Å². The van der Waals surface area contributed by atoms with E-state index in [9.17, 15) is 13.2 Å². The van der Waals surface area contributed by atoms with Crippen LogP contribution in [0.4, 0.5) is 13.2 Å². The first-order valence-corrected chi connectivity index (χ1v) is 5.51. The normalized spacial score (nSPS) is 11.8. The van der Waals surface area contributed by atoms with E-state index in [1.807, 2.05) is 0 Å². The largest absolute Gasteiger partial charge is 0.426 e. The summed E-state index contributed by atoms with van der Waals surface area (Å²) in [6.45, 7) is 0. The predicted molar refractivity (Wildman–Crippen MR) is 57.6 cm³/mol. The molecular formula is C10H5ClF3NS. The second-order valence-corrected chi connectivity index (χ2v) is 4.33. The summed E-state index contributed by atoms with van der Waals surface area (Å²) in [5.74, 6) is 0. The van der Waals surface area contributed by atoms with Crippen LogP contribution in [0.2, 0.25) is 5.15 Å². The van der Waals surface area contributed by atoms with Crippen molar-refractivity contribution >= 4 is 22.9 Å². The maximum atomic E-state index is 12.6. The molecule has 84 valence electrons. The summed E-state index contributed by atoms with van der Waals surface area (Å²) in [7, 11) is 0. The van der Waals surface area contributed by atoms with Gasteiger partial charge in [0.05, 0.1) is 0 Å². The van der Waals surface area contributed by atoms with Crippen LogP contribution in [0, 0.1) is 0 Å². The first kappa shape index (κ1) is 11.4. The quantitative estimate of drug-likeness (QED) is 0.691. The van der Waals surface area contributed by atoms with E-state index in [1.165, 1.54) is 29.8 Å². The molecule has 0 amide bonds. The fraction of sp³-hybridized carbons (Fsp3) is 0.100. The van der Waals surface area contributed by atoms with Gasteiger partial charge in [-0.1, -0.05) is 11.6 Å².